The number of ether oxygens (including phenoxy) is 3. The van der Waals surface area contributed by atoms with Gasteiger partial charge in [0.25, 0.3) is 0 Å². The van der Waals surface area contributed by atoms with Crippen LogP contribution in [0.5, 0.6) is 17.2 Å². The van der Waals surface area contributed by atoms with E-state index in [2.05, 4.69) is 62.6 Å². The predicted octanol–water partition coefficient (Wildman–Crippen LogP) is 6.77. The van der Waals surface area contributed by atoms with Crippen molar-refractivity contribution in [1.29, 1.82) is 0 Å². The van der Waals surface area contributed by atoms with Crippen molar-refractivity contribution >= 4 is 57.1 Å². The number of hydrogen-bond donors (Lipinski definition) is 1. The van der Waals surface area contributed by atoms with Gasteiger partial charge in [0.05, 0.1) is 25.4 Å². The highest BCUT2D eigenvalue weighted by Gasteiger charge is 2.26. The maximum atomic E-state index is 13.0. The first-order valence-electron chi connectivity index (χ1n) is 12.4. The molecule has 4 aromatic rings. The molecule has 0 fully saturated rings. The summed E-state index contributed by atoms with van der Waals surface area (Å²) in [5.41, 5.74) is 4.05. The van der Waals surface area contributed by atoms with Crippen LogP contribution < -0.4 is 19.5 Å². The van der Waals surface area contributed by atoms with Crippen LogP contribution in [0.4, 0.5) is 0 Å². The van der Waals surface area contributed by atoms with Gasteiger partial charge in [0, 0.05) is 6.04 Å². The highest BCUT2D eigenvalue weighted by Crippen LogP contribution is 2.38. The number of methoxy groups -OCH3 is 1. The molecule has 0 radical (unpaired) electrons. The molecule has 0 bridgehead atoms. The summed E-state index contributed by atoms with van der Waals surface area (Å²) in [6.07, 6.45) is 1.49. The topological polar surface area (TPSA) is 73.9 Å². The Morgan fingerprint density at radius 3 is 1.90 bits per heavy atom. The fourth-order valence-corrected chi connectivity index (χ4v) is 6.96. The quantitative estimate of drug-likeness (QED) is 0.128. The number of carbonyl (C=O) groups is 2. The molecular formula is C31H25I2NO5. The second-order valence-corrected chi connectivity index (χ2v) is 11.4. The van der Waals surface area contributed by atoms with E-state index in [1.165, 1.54) is 0 Å². The lowest BCUT2D eigenvalue weighted by Crippen LogP contribution is -2.31. The third kappa shape index (κ3) is 6.44. The first-order valence-corrected chi connectivity index (χ1v) is 14.5. The smallest absolute Gasteiger partial charge is 0.343 e. The van der Waals surface area contributed by atoms with E-state index >= 15 is 0 Å². The highest BCUT2D eigenvalue weighted by atomic mass is 127. The van der Waals surface area contributed by atoms with Crippen molar-refractivity contribution in [2.24, 2.45) is 0 Å². The number of hydrogen-bond acceptors (Lipinski definition) is 6. The molecule has 0 aromatic heterocycles. The fourth-order valence-electron chi connectivity index (χ4n) is 4.62. The summed E-state index contributed by atoms with van der Waals surface area (Å²) in [7, 11) is 1.68. The van der Waals surface area contributed by atoms with Gasteiger partial charge in [-0.2, -0.15) is 0 Å². The molecule has 1 heterocycles. The van der Waals surface area contributed by atoms with E-state index in [0.29, 0.717) is 11.1 Å². The Kier molecular flexibility index (Phi) is 8.83. The number of esters is 2. The van der Waals surface area contributed by atoms with Crippen LogP contribution in [0.15, 0.2) is 84.9 Å². The summed E-state index contributed by atoms with van der Waals surface area (Å²) in [6, 6.07) is 25.4. The van der Waals surface area contributed by atoms with Gasteiger partial charge in [-0.05, 0) is 130 Å². The lowest BCUT2D eigenvalue weighted by Gasteiger charge is -2.28. The van der Waals surface area contributed by atoms with Crippen LogP contribution in [0.25, 0.3) is 0 Å². The number of carbonyl (C=O) groups excluding carboxylic acids is 2. The fraction of sp³-hybridized carbons (Fsp3) is 0.161. The molecule has 1 aliphatic heterocycles. The van der Waals surface area contributed by atoms with Gasteiger partial charge in [-0.15, -0.1) is 0 Å². The molecule has 1 atom stereocenters. The van der Waals surface area contributed by atoms with E-state index in [-0.39, 0.29) is 17.5 Å². The molecule has 1 N–H and O–H groups in total. The Morgan fingerprint density at radius 2 is 1.36 bits per heavy atom. The largest absolute Gasteiger partial charge is 0.495 e. The number of halogens is 2. The van der Waals surface area contributed by atoms with Gasteiger partial charge >= 0.3 is 11.9 Å². The molecule has 8 heteroatoms. The van der Waals surface area contributed by atoms with Crippen LogP contribution in [0.1, 0.15) is 43.4 Å². The number of fused-ring (bicyclic) bond motifs is 1. The molecule has 0 aliphatic carbocycles. The van der Waals surface area contributed by atoms with E-state index in [1.807, 2.05) is 24.3 Å². The van der Waals surface area contributed by atoms with Crippen molar-refractivity contribution in [3.05, 3.63) is 120 Å². The third-order valence-corrected chi connectivity index (χ3v) is 8.09. The number of rotatable bonds is 7. The molecule has 1 aliphatic rings. The number of nitrogens with one attached hydrogen (secondary N) is 1. The third-order valence-electron chi connectivity index (χ3n) is 6.49. The Balaban J connectivity index is 1.50. The van der Waals surface area contributed by atoms with Crippen molar-refractivity contribution in [1.82, 2.24) is 5.32 Å². The molecule has 39 heavy (non-hydrogen) atoms. The van der Waals surface area contributed by atoms with Gasteiger partial charge in [-0.25, -0.2) is 9.59 Å². The average Bonchev–Trinajstić information content (AvgIpc) is 2.94. The Labute approximate surface area is 254 Å². The van der Waals surface area contributed by atoms with Crippen molar-refractivity contribution < 1.29 is 23.8 Å². The molecule has 6 nitrogen and oxygen atoms in total. The minimum atomic E-state index is -0.521. The Morgan fingerprint density at radius 1 is 0.821 bits per heavy atom. The monoisotopic (exact) mass is 745 g/mol. The molecule has 0 saturated carbocycles. The Hall–Kier alpha value is -2.96. The zero-order valence-corrected chi connectivity index (χ0v) is 25.4. The summed E-state index contributed by atoms with van der Waals surface area (Å²) < 4.78 is 19.3. The van der Waals surface area contributed by atoms with Crippen LogP contribution in [0, 0.1) is 7.14 Å². The minimum absolute atomic E-state index is 0.0122. The normalized spacial score (nSPS) is 14.3. The van der Waals surface area contributed by atoms with Crippen molar-refractivity contribution in [3.8, 4) is 17.2 Å². The van der Waals surface area contributed by atoms with Gasteiger partial charge in [0.2, 0.25) is 0 Å². The van der Waals surface area contributed by atoms with Crippen LogP contribution >= 0.6 is 45.2 Å². The standard InChI is InChI=1S/C31H25I2NO5/c1-37-29-24(32)14-19(15-25(29)33)16-26-23-18-28(39-31(36)21-10-6-3-7-11-21)27(17-22(23)12-13-34-26)38-30(35)20-8-4-2-5-9-20/h2-11,14-15,17-18,26,34H,12-13,16H2,1H3. The van der Waals surface area contributed by atoms with E-state index in [0.717, 1.165) is 49.0 Å². The van der Waals surface area contributed by atoms with Crippen molar-refractivity contribution in [2.45, 2.75) is 18.9 Å². The lowest BCUT2D eigenvalue weighted by molar-refractivity contribution is 0.0682. The van der Waals surface area contributed by atoms with E-state index < -0.39 is 11.9 Å². The minimum Gasteiger partial charge on any atom is -0.495 e. The van der Waals surface area contributed by atoms with E-state index in [9.17, 15) is 9.59 Å². The highest BCUT2D eigenvalue weighted by molar-refractivity contribution is 14.1. The summed E-state index contributed by atoms with van der Waals surface area (Å²) in [5.74, 6) is 0.269. The molecule has 198 valence electrons. The van der Waals surface area contributed by atoms with Crippen LogP contribution in [-0.4, -0.2) is 25.6 Å². The molecule has 0 saturated heterocycles. The molecule has 5 rings (SSSR count). The van der Waals surface area contributed by atoms with Crippen molar-refractivity contribution in [3.63, 3.8) is 0 Å². The molecule has 4 aromatic carbocycles. The zero-order chi connectivity index (χ0) is 27.4. The van der Waals surface area contributed by atoms with Crippen LogP contribution in [-0.2, 0) is 12.8 Å². The molecule has 1 unspecified atom stereocenters. The summed E-state index contributed by atoms with van der Waals surface area (Å²) in [5, 5.41) is 3.61. The van der Waals surface area contributed by atoms with Gasteiger partial charge in [-0.1, -0.05) is 36.4 Å². The second-order valence-electron chi connectivity index (χ2n) is 9.06. The zero-order valence-electron chi connectivity index (χ0n) is 21.1. The summed E-state index contributed by atoms with van der Waals surface area (Å²) >= 11 is 4.59. The lowest BCUT2D eigenvalue weighted by atomic mass is 9.90. The van der Waals surface area contributed by atoms with Crippen LogP contribution in [0.3, 0.4) is 0 Å². The van der Waals surface area contributed by atoms with Crippen LogP contribution in [0.2, 0.25) is 0 Å². The maximum absolute atomic E-state index is 13.0. The number of benzene rings is 4. The molecular weight excluding hydrogens is 720 g/mol. The van der Waals surface area contributed by atoms with Gasteiger partial charge in [0.1, 0.15) is 5.75 Å². The SMILES string of the molecule is COc1c(I)cc(CC2NCCc3cc(OC(=O)c4ccccc4)c(OC(=O)c4ccccc4)cc32)cc1I. The van der Waals surface area contributed by atoms with Crippen molar-refractivity contribution in [2.75, 3.05) is 13.7 Å². The van der Waals surface area contributed by atoms with Gasteiger partial charge in [-0.3, -0.25) is 0 Å². The van der Waals surface area contributed by atoms with E-state index in [1.54, 1.807) is 55.6 Å². The van der Waals surface area contributed by atoms with E-state index in [4.69, 9.17) is 14.2 Å². The first kappa shape index (κ1) is 27.6. The van der Waals surface area contributed by atoms with Gasteiger partial charge < -0.3 is 19.5 Å². The summed E-state index contributed by atoms with van der Waals surface area (Å²) in [6.45, 7) is 0.775. The first-order chi connectivity index (χ1) is 18.9. The maximum Gasteiger partial charge on any atom is 0.343 e. The molecule has 0 amide bonds. The molecule has 0 spiro atoms. The second kappa shape index (κ2) is 12.5. The average molecular weight is 745 g/mol. The van der Waals surface area contributed by atoms with Gasteiger partial charge in [0.15, 0.2) is 11.5 Å². The Bertz CT molecular complexity index is 1490. The summed E-state index contributed by atoms with van der Waals surface area (Å²) in [4.78, 5) is 25.9. The predicted molar refractivity (Wildman–Crippen MR) is 166 cm³/mol.